The molecular formula is C25H23FN2O5. The number of carbonyl (C=O) groups is 2. The molecule has 1 aliphatic heterocycles. The molecule has 1 saturated heterocycles. The van der Waals surface area contributed by atoms with Crippen molar-refractivity contribution in [2.75, 3.05) is 27.4 Å². The largest absolute Gasteiger partial charge is 0.497 e. The van der Waals surface area contributed by atoms with E-state index in [1.54, 1.807) is 62.8 Å². The average molecular weight is 450 g/mol. The Morgan fingerprint density at radius 3 is 1.76 bits per heavy atom. The third-order valence-electron chi connectivity index (χ3n) is 5.55. The van der Waals surface area contributed by atoms with Crippen molar-refractivity contribution >= 4 is 11.9 Å². The molecule has 0 bridgehead atoms. The number of methoxy groups -OCH3 is 2. The predicted molar refractivity (Wildman–Crippen MR) is 119 cm³/mol. The Bertz CT molecular complexity index is 1080. The van der Waals surface area contributed by atoms with Gasteiger partial charge in [0.05, 0.1) is 20.8 Å². The summed E-state index contributed by atoms with van der Waals surface area (Å²) in [4.78, 5) is 27.8. The molecule has 3 aromatic rings. The van der Waals surface area contributed by atoms with Crippen LogP contribution in [0.3, 0.4) is 0 Å². The summed E-state index contributed by atoms with van der Waals surface area (Å²) in [6, 6.07) is 18.9. The average Bonchev–Trinajstić information content (AvgIpc) is 3.11. The number of benzene rings is 3. The zero-order chi connectivity index (χ0) is 23.4. The number of hydrogen-bond donors (Lipinski definition) is 1. The molecule has 4 rings (SSSR count). The van der Waals surface area contributed by atoms with Gasteiger partial charge in [0.25, 0.3) is 5.91 Å². The van der Waals surface area contributed by atoms with Crippen molar-refractivity contribution in [2.45, 2.75) is 5.54 Å². The van der Waals surface area contributed by atoms with E-state index in [0.717, 1.165) is 4.90 Å². The van der Waals surface area contributed by atoms with Gasteiger partial charge in [0.2, 0.25) is 0 Å². The molecule has 8 heteroatoms. The molecule has 7 nitrogen and oxygen atoms in total. The molecule has 1 N–H and O–H groups in total. The number of carbonyl (C=O) groups excluding carboxylic acids is 2. The number of urea groups is 1. The van der Waals surface area contributed by atoms with Crippen LogP contribution in [0.25, 0.3) is 0 Å². The van der Waals surface area contributed by atoms with E-state index in [-0.39, 0.29) is 19.0 Å². The summed E-state index contributed by atoms with van der Waals surface area (Å²) in [5, 5.41) is 2.88. The Kier molecular flexibility index (Phi) is 6.17. The lowest BCUT2D eigenvalue weighted by Gasteiger charge is -2.28. The van der Waals surface area contributed by atoms with E-state index in [1.165, 1.54) is 24.3 Å². The van der Waals surface area contributed by atoms with E-state index in [2.05, 4.69) is 5.32 Å². The van der Waals surface area contributed by atoms with Gasteiger partial charge < -0.3 is 19.5 Å². The summed E-state index contributed by atoms with van der Waals surface area (Å²) in [7, 11) is 3.11. The van der Waals surface area contributed by atoms with Crippen molar-refractivity contribution < 1.29 is 28.2 Å². The Balaban J connectivity index is 1.63. The minimum atomic E-state index is -1.41. The summed E-state index contributed by atoms with van der Waals surface area (Å²) in [5.74, 6) is 0.903. The second kappa shape index (κ2) is 9.20. The number of nitrogens with zero attached hydrogens (tertiary/aromatic N) is 1. The molecule has 1 heterocycles. The van der Waals surface area contributed by atoms with Gasteiger partial charge >= 0.3 is 6.03 Å². The van der Waals surface area contributed by atoms with Crippen LogP contribution in [0, 0.1) is 5.82 Å². The number of imide groups is 1. The van der Waals surface area contributed by atoms with Crippen molar-refractivity contribution in [3.05, 3.63) is 89.7 Å². The SMILES string of the molecule is COc1ccc(C2(c3ccc(OC)cc3)NC(=O)N(CCOc3ccc(F)cc3)C2=O)cc1. The molecule has 0 aromatic heterocycles. The molecule has 170 valence electrons. The molecule has 33 heavy (non-hydrogen) atoms. The lowest BCUT2D eigenvalue weighted by molar-refractivity contribution is -0.130. The number of rotatable bonds is 8. The highest BCUT2D eigenvalue weighted by atomic mass is 19.1. The van der Waals surface area contributed by atoms with Gasteiger partial charge in [0.15, 0.2) is 5.54 Å². The van der Waals surface area contributed by atoms with E-state index in [1.807, 2.05) is 0 Å². The molecule has 0 aliphatic carbocycles. The van der Waals surface area contributed by atoms with Crippen LogP contribution in [-0.4, -0.2) is 44.2 Å². The number of ether oxygens (including phenoxy) is 3. The van der Waals surface area contributed by atoms with Crippen LogP contribution in [-0.2, 0) is 10.3 Å². The first-order valence-electron chi connectivity index (χ1n) is 10.3. The topological polar surface area (TPSA) is 77.1 Å². The fourth-order valence-corrected chi connectivity index (χ4v) is 3.80. The highest BCUT2D eigenvalue weighted by molar-refractivity contribution is 6.09. The number of halogens is 1. The van der Waals surface area contributed by atoms with Crippen molar-refractivity contribution in [2.24, 2.45) is 0 Å². The van der Waals surface area contributed by atoms with Gasteiger partial charge in [-0.25, -0.2) is 9.18 Å². The third kappa shape index (κ3) is 4.19. The summed E-state index contributed by atoms with van der Waals surface area (Å²) < 4.78 is 29.1. The Morgan fingerprint density at radius 2 is 1.27 bits per heavy atom. The molecule has 0 radical (unpaired) electrons. The molecule has 3 amide bonds. The van der Waals surface area contributed by atoms with Crippen LogP contribution in [0.15, 0.2) is 72.8 Å². The van der Waals surface area contributed by atoms with Gasteiger partial charge in [-0.2, -0.15) is 0 Å². The van der Waals surface area contributed by atoms with Crippen molar-refractivity contribution in [1.82, 2.24) is 10.2 Å². The number of nitrogens with one attached hydrogen (secondary N) is 1. The van der Waals surface area contributed by atoms with E-state index in [4.69, 9.17) is 14.2 Å². The lowest BCUT2D eigenvalue weighted by atomic mass is 9.82. The second-order valence-electron chi connectivity index (χ2n) is 7.40. The van der Waals surface area contributed by atoms with Gasteiger partial charge in [0.1, 0.15) is 29.7 Å². The van der Waals surface area contributed by atoms with E-state index >= 15 is 0 Å². The minimum absolute atomic E-state index is 0.0239. The van der Waals surface area contributed by atoms with Crippen molar-refractivity contribution in [3.63, 3.8) is 0 Å². The van der Waals surface area contributed by atoms with Crippen LogP contribution >= 0.6 is 0 Å². The fraction of sp³-hybridized carbons (Fsp3) is 0.200. The van der Waals surface area contributed by atoms with Gasteiger partial charge in [-0.1, -0.05) is 24.3 Å². The maximum Gasteiger partial charge on any atom is 0.325 e. The maximum atomic E-state index is 13.7. The summed E-state index contributed by atoms with van der Waals surface area (Å²) in [6.45, 7) is 0.0855. The summed E-state index contributed by atoms with van der Waals surface area (Å²) in [5.41, 5.74) is -0.228. The van der Waals surface area contributed by atoms with E-state index < -0.39 is 17.5 Å². The Morgan fingerprint density at radius 1 is 0.788 bits per heavy atom. The van der Waals surface area contributed by atoms with Gasteiger partial charge in [-0.05, 0) is 59.7 Å². The van der Waals surface area contributed by atoms with Crippen molar-refractivity contribution in [3.8, 4) is 17.2 Å². The Labute approximate surface area is 190 Å². The molecular weight excluding hydrogens is 427 g/mol. The minimum Gasteiger partial charge on any atom is -0.497 e. The van der Waals surface area contributed by atoms with Crippen LogP contribution in [0.2, 0.25) is 0 Å². The zero-order valence-electron chi connectivity index (χ0n) is 18.2. The number of amides is 3. The molecule has 1 fully saturated rings. The van der Waals surface area contributed by atoms with Crippen LogP contribution in [0.5, 0.6) is 17.2 Å². The molecule has 0 unspecified atom stereocenters. The summed E-state index contributed by atoms with van der Waals surface area (Å²) in [6.07, 6.45) is 0. The standard InChI is InChI=1S/C25H23FN2O5/c1-31-20-9-3-17(4-10-20)25(18-5-11-21(32-2)12-6-18)23(29)28(24(30)27-25)15-16-33-22-13-7-19(26)8-14-22/h3-14H,15-16H2,1-2H3,(H,27,30). The van der Waals surface area contributed by atoms with E-state index in [9.17, 15) is 14.0 Å². The second-order valence-corrected chi connectivity index (χ2v) is 7.40. The molecule has 0 saturated carbocycles. The fourth-order valence-electron chi connectivity index (χ4n) is 3.80. The van der Waals surface area contributed by atoms with Gasteiger partial charge in [-0.3, -0.25) is 9.69 Å². The molecule has 1 aliphatic rings. The first kappa shape index (κ1) is 22.1. The summed E-state index contributed by atoms with van der Waals surface area (Å²) >= 11 is 0. The van der Waals surface area contributed by atoms with Gasteiger partial charge in [-0.15, -0.1) is 0 Å². The van der Waals surface area contributed by atoms with Crippen LogP contribution < -0.4 is 19.5 Å². The van der Waals surface area contributed by atoms with Crippen molar-refractivity contribution in [1.29, 1.82) is 0 Å². The van der Waals surface area contributed by atoms with Crippen LogP contribution in [0.4, 0.5) is 9.18 Å². The third-order valence-corrected chi connectivity index (χ3v) is 5.55. The maximum absolute atomic E-state index is 13.7. The highest BCUT2D eigenvalue weighted by Crippen LogP contribution is 2.37. The van der Waals surface area contributed by atoms with Gasteiger partial charge in [0, 0.05) is 0 Å². The first-order valence-corrected chi connectivity index (χ1v) is 10.3. The molecule has 0 atom stereocenters. The Hall–Kier alpha value is -4.07. The quantitative estimate of drug-likeness (QED) is 0.530. The van der Waals surface area contributed by atoms with Crippen LogP contribution in [0.1, 0.15) is 11.1 Å². The smallest absolute Gasteiger partial charge is 0.325 e. The normalized spacial score (nSPS) is 14.7. The molecule has 0 spiro atoms. The first-order chi connectivity index (χ1) is 16.0. The van der Waals surface area contributed by atoms with E-state index in [0.29, 0.717) is 28.4 Å². The predicted octanol–water partition coefficient (Wildman–Crippen LogP) is 3.72. The number of hydrogen-bond acceptors (Lipinski definition) is 5. The highest BCUT2D eigenvalue weighted by Gasteiger charge is 2.53. The lowest BCUT2D eigenvalue weighted by Crippen LogP contribution is -2.45. The monoisotopic (exact) mass is 450 g/mol. The molecule has 3 aromatic carbocycles. The zero-order valence-corrected chi connectivity index (χ0v) is 18.2.